The van der Waals surface area contributed by atoms with E-state index < -0.39 is 0 Å². The van der Waals surface area contributed by atoms with Crippen LogP contribution >= 0.6 is 12.4 Å². The number of amides is 2. The van der Waals surface area contributed by atoms with E-state index in [0.717, 1.165) is 25.9 Å². The maximum absolute atomic E-state index is 12.3. The van der Waals surface area contributed by atoms with E-state index in [9.17, 15) is 9.59 Å². The maximum atomic E-state index is 12.3. The van der Waals surface area contributed by atoms with Crippen LogP contribution < -0.4 is 10.6 Å². The first-order valence-electron chi connectivity index (χ1n) is 7.40. The van der Waals surface area contributed by atoms with Crippen LogP contribution in [0.4, 0.5) is 0 Å². The minimum absolute atomic E-state index is 0. The zero-order valence-corrected chi connectivity index (χ0v) is 13.2. The van der Waals surface area contributed by atoms with Gasteiger partial charge in [0, 0.05) is 25.6 Å². The van der Waals surface area contributed by atoms with Gasteiger partial charge >= 0.3 is 0 Å². The third-order valence-electron chi connectivity index (χ3n) is 4.03. The van der Waals surface area contributed by atoms with Crippen LogP contribution in [0.5, 0.6) is 0 Å². The highest BCUT2D eigenvalue weighted by atomic mass is 35.5. The molecule has 2 aliphatic heterocycles. The summed E-state index contributed by atoms with van der Waals surface area (Å²) in [5, 5.41) is 6.37. The molecule has 0 spiro atoms. The fourth-order valence-corrected chi connectivity index (χ4v) is 3.03. The van der Waals surface area contributed by atoms with E-state index in [0.29, 0.717) is 19.0 Å². The summed E-state index contributed by atoms with van der Waals surface area (Å²) in [6.45, 7) is 6.44. The molecule has 2 fully saturated rings. The normalized spacial score (nSPS) is 23.9. The van der Waals surface area contributed by atoms with E-state index >= 15 is 0 Å². The Morgan fingerprint density at radius 2 is 2.20 bits per heavy atom. The molecular weight excluding hydrogens is 278 g/mol. The second-order valence-corrected chi connectivity index (χ2v) is 5.92. The number of carbonyl (C=O) groups is 2. The van der Waals surface area contributed by atoms with Gasteiger partial charge in [-0.15, -0.1) is 12.4 Å². The minimum Gasteiger partial charge on any atom is -0.353 e. The number of carbonyl (C=O) groups excluding carboxylic acids is 2. The molecule has 6 heteroatoms. The lowest BCUT2D eigenvalue weighted by Gasteiger charge is -2.30. The van der Waals surface area contributed by atoms with Gasteiger partial charge in [-0.3, -0.25) is 9.59 Å². The van der Waals surface area contributed by atoms with Crippen LogP contribution in [0.3, 0.4) is 0 Å². The SMILES string of the molecule is CC(C)C(C(=O)NCC1CCCN1)N1CCCC1=O.Cl. The first kappa shape index (κ1) is 17.2. The van der Waals surface area contributed by atoms with Gasteiger partial charge in [0.05, 0.1) is 0 Å². The first-order valence-corrected chi connectivity index (χ1v) is 7.40. The van der Waals surface area contributed by atoms with Gasteiger partial charge in [0.1, 0.15) is 6.04 Å². The van der Waals surface area contributed by atoms with Gasteiger partial charge in [-0.05, 0) is 31.7 Å². The zero-order valence-electron chi connectivity index (χ0n) is 12.4. The molecule has 5 nitrogen and oxygen atoms in total. The van der Waals surface area contributed by atoms with Crippen molar-refractivity contribution < 1.29 is 9.59 Å². The van der Waals surface area contributed by atoms with E-state index in [2.05, 4.69) is 10.6 Å². The lowest BCUT2D eigenvalue weighted by molar-refractivity contribution is -0.139. The van der Waals surface area contributed by atoms with Crippen molar-refractivity contribution >= 4 is 24.2 Å². The van der Waals surface area contributed by atoms with Gasteiger partial charge in [0.2, 0.25) is 11.8 Å². The Morgan fingerprint density at radius 3 is 2.70 bits per heavy atom. The van der Waals surface area contributed by atoms with E-state index in [-0.39, 0.29) is 36.2 Å². The Balaban J connectivity index is 0.00000200. The van der Waals surface area contributed by atoms with E-state index in [1.807, 2.05) is 13.8 Å². The topological polar surface area (TPSA) is 61.4 Å². The maximum Gasteiger partial charge on any atom is 0.243 e. The number of halogens is 1. The number of nitrogens with one attached hydrogen (secondary N) is 2. The summed E-state index contributed by atoms with van der Waals surface area (Å²) in [5.41, 5.74) is 0. The summed E-state index contributed by atoms with van der Waals surface area (Å²) in [6, 6.07) is 0.0856. The second-order valence-electron chi connectivity index (χ2n) is 5.92. The second kappa shape index (κ2) is 7.84. The average Bonchev–Trinajstić information content (AvgIpc) is 2.99. The fourth-order valence-electron chi connectivity index (χ4n) is 3.03. The summed E-state index contributed by atoms with van der Waals surface area (Å²) >= 11 is 0. The molecule has 2 rings (SSSR count). The van der Waals surface area contributed by atoms with Crippen LogP contribution in [-0.4, -0.2) is 48.4 Å². The summed E-state index contributed by atoms with van der Waals surface area (Å²) in [5.74, 6) is 0.269. The molecule has 2 unspecified atom stereocenters. The largest absolute Gasteiger partial charge is 0.353 e. The molecule has 0 saturated carbocycles. The van der Waals surface area contributed by atoms with Crippen molar-refractivity contribution in [2.75, 3.05) is 19.6 Å². The Bertz CT molecular complexity index is 343. The van der Waals surface area contributed by atoms with Gasteiger partial charge < -0.3 is 15.5 Å². The number of nitrogens with zero attached hydrogens (tertiary/aromatic N) is 1. The summed E-state index contributed by atoms with van der Waals surface area (Å²) in [4.78, 5) is 25.9. The molecule has 0 aliphatic carbocycles. The average molecular weight is 304 g/mol. The molecule has 2 atom stereocenters. The van der Waals surface area contributed by atoms with E-state index in [4.69, 9.17) is 0 Å². The molecule has 0 aromatic heterocycles. The van der Waals surface area contributed by atoms with Crippen molar-refractivity contribution in [3.8, 4) is 0 Å². The summed E-state index contributed by atoms with van der Waals surface area (Å²) < 4.78 is 0. The molecule has 2 aliphatic rings. The van der Waals surface area contributed by atoms with E-state index in [1.165, 1.54) is 6.42 Å². The standard InChI is InChI=1S/C14H25N3O2.ClH/c1-10(2)13(17-8-4-6-12(17)18)14(19)16-9-11-5-3-7-15-11;/h10-11,13,15H,3-9H2,1-2H3,(H,16,19);1H. The van der Waals surface area contributed by atoms with E-state index in [1.54, 1.807) is 4.90 Å². The Labute approximate surface area is 127 Å². The van der Waals surface area contributed by atoms with Crippen molar-refractivity contribution in [1.29, 1.82) is 0 Å². The number of rotatable bonds is 5. The van der Waals surface area contributed by atoms with Gasteiger partial charge in [-0.25, -0.2) is 0 Å². The highest BCUT2D eigenvalue weighted by Crippen LogP contribution is 2.19. The quantitative estimate of drug-likeness (QED) is 0.794. The van der Waals surface area contributed by atoms with Crippen molar-refractivity contribution in [2.45, 2.75) is 51.6 Å². The zero-order chi connectivity index (χ0) is 13.8. The van der Waals surface area contributed by atoms with Crippen LogP contribution in [0.25, 0.3) is 0 Å². The first-order chi connectivity index (χ1) is 9.09. The predicted molar refractivity (Wildman–Crippen MR) is 80.9 cm³/mol. The lowest BCUT2D eigenvalue weighted by atomic mass is 10.0. The number of hydrogen-bond donors (Lipinski definition) is 2. The van der Waals surface area contributed by atoms with Crippen LogP contribution in [0.2, 0.25) is 0 Å². The van der Waals surface area contributed by atoms with Gasteiger partial charge in [0.15, 0.2) is 0 Å². The highest BCUT2D eigenvalue weighted by Gasteiger charge is 2.34. The van der Waals surface area contributed by atoms with Gasteiger partial charge in [-0.1, -0.05) is 13.8 Å². The fraction of sp³-hybridized carbons (Fsp3) is 0.857. The number of hydrogen-bond acceptors (Lipinski definition) is 3. The van der Waals surface area contributed by atoms with Crippen molar-refractivity contribution in [2.24, 2.45) is 5.92 Å². The molecule has 0 radical (unpaired) electrons. The molecule has 116 valence electrons. The van der Waals surface area contributed by atoms with Crippen molar-refractivity contribution in [3.63, 3.8) is 0 Å². The molecule has 2 heterocycles. The molecule has 2 N–H and O–H groups in total. The Kier molecular flexibility index (Phi) is 6.76. The summed E-state index contributed by atoms with van der Waals surface area (Å²) in [6.07, 6.45) is 3.76. The van der Waals surface area contributed by atoms with Crippen LogP contribution in [-0.2, 0) is 9.59 Å². The third-order valence-corrected chi connectivity index (χ3v) is 4.03. The Hall–Kier alpha value is -0.810. The van der Waals surface area contributed by atoms with Crippen molar-refractivity contribution in [1.82, 2.24) is 15.5 Å². The molecule has 2 saturated heterocycles. The molecule has 20 heavy (non-hydrogen) atoms. The molecular formula is C14H26ClN3O2. The van der Waals surface area contributed by atoms with Crippen LogP contribution in [0.1, 0.15) is 39.5 Å². The van der Waals surface area contributed by atoms with Crippen molar-refractivity contribution in [3.05, 3.63) is 0 Å². The minimum atomic E-state index is -0.309. The summed E-state index contributed by atoms with van der Waals surface area (Å²) in [7, 11) is 0. The third kappa shape index (κ3) is 4.09. The van der Waals surface area contributed by atoms with Crippen LogP contribution in [0, 0.1) is 5.92 Å². The van der Waals surface area contributed by atoms with Gasteiger partial charge in [-0.2, -0.15) is 0 Å². The lowest BCUT2D eigenvalue weighted by Crippen LogP contribution is -2.52. The monoisotopic (exact) mass is 303 g/mol. The molecule has 0 bridgehead atoms. The highest BCUT2D eigenvalue weighted by molar-refractivity contribution is 5.88. The Morgan fingerprint density at radius 1 is 1.45 bits per heavy atom. The number of likely N-dealkylation sites (tertiary alicyclic amines) is 1. The smallest absolute Gasteiger partial charge is 0.243 e. The van der Waals surface area contributed by atoms with Crippen LogP contribution in [0.15, 0.2) is 0 Å². The molecule has 2 amide bonds. The van der Waals surface area contributed by atoms with Gasteiger partial charge in [0.25, 0.3) is 0 Å². The molecule has 0 aromatic carbocycles. The predicted octanol–water partition coefficient (Wildman–Crippen LogP) is 0.923. The molecule has 0 aromatic rings.